The standard InChI is InChI=1S/C51H57N4O.Pt/c1-34-47(51(12,13)36-20-15-14-16-21-36)35(2)55(52-34)42-29-39(50(9,10)11)30-44(32-42)56-43-23-19-22-40(31-43)53-33-54(46-25-18-17-24-45(46)53)41-27-37(48(3,4)5)26-38(28-41)49(6,7)8;/h14-30,33H,1-13H3;/q-3;. The molecule has 57 heavy (non-hydrogen) atoms. The van der Waals surface area contributed by atoms with E-state index in [-0.39, 0.29) is 42.7 Å². The Labute approximate surface area is 356 Å². The number of rotatable bonds is 7. The number of nitrogens with zero attached hydrogens (tertiary/aromatic N) is 4. The molecule has 5 nitrogen and oxygen atoms in total. The van der Waals surface area contributed by atoms with E-state index in [0.717, 1.165) is 45.4 Å². The van der Waals surface area contributed by atoms with Crippen LogP contribution in [-0.4, -0.2) is 9.78 Å². The Balaban J connectivity index is 0.00000549. The number of para-hydroxylation sites is 2. The van der Waals surface area contributed by atoms with Crippen LogP contribution in [0.25, 0.3) is 5.69 Å². The number of hydrogen-bond acceptors (Lipinski definition) is 4. The SMILES string of the molecule is Cc1nn(-c2[c-]c(Oc3[c-]c(N4[CH-]N(c5cc(C(C)(C)C)cc(C(C)(C)C)c5)c5ccccc54)ccc3)cc(C(C)(C)C)c2)c(C)c1C(C)(C)c1ccccc1.[Pt]. The van der Waals surface area contributed by atoms with E-state index in [9.17, 15) is 0 Å². The van der Waals surface area contributed by atoms with Crippen LogP contribution in [0, 0.1) is 32.6 Å². The van der Waals surface area contributed by atoms with E-state index in [4.69, 9.17) is 9.84 Å². The molecule has 0 saturated carbocycles. The summed E-state index contributed by atoms with van der Waals surface area (Å²) in [5, 5.41) is 5.11. The second-order valence-corrected chi connectivity index (χ2v) is 18.9. The average Bonchev–Trinajstić information content (AvgIpc) is 3.68. The largest absolute Gasteiger partial charge is 0.509 e. The van der Waals surface area contributed by atoms with Gasteiger partial charge in [0.05, 0.1) is 5.69 Å². The fourth-order valence-electron chi connectivity index (χ4n) is 7.79. The van der Waals surface area contributed by atoms with E-state index < -0.39 is 0 Å². The number of hydrogen-bond donors (Lipinski definition) is 0. The number of aryl methyl sites for hydroxylation is 1. The molecule has 0 unspecified atom stereocenters. The van der Waals surface area contributed by atoms with Crippen molar-refractivity contribution < 1.29 is 25.8 Å². The summed E-state index contributed by atoms with van der Waals surface area (Å²) in [5.41, 5.74) is 13.1. The predicted molar refractivity (Wildman–Crippen MR) is 233 cm³/mol. The Morgan fingerprint density at radius 1 is 0.544 bits per heavy atom. The van der Waals surface area contributed by atoms with Crippen LogP contribution in [0.4, 0.5) is 22.7 Å². The second-order valence-electron chi connectivity index (χ2n) is 18.9. The maximum atomic E-state index is 6.69. The molecule has 300 valence electrons. The molecule has 0 aliphatic carbocycles. The van der Waals surface area contributed by atoms with Crippen molar-refractivity contribution in [2.45, 2.75) is 112 Å². The summed E-state index contributed by atoms with van der Waals surface area (Å²) < 4.78 is 8.72. The minimum atomic E-state index is -0.227. The molecule has 0 spiro atoms. The Bertz CT molecular complexity index is 2360. The van der Waals surface area contributed by atoms with Gasteiger partial charge in [-0.1, -0.05) is 125 Å². The van der Waals surface area contributed by atoms with Crippen molar-refractivity contribution in [3.8, 4) is 17.2 Å². The summed E-state index contributed by atoms with van der Waals surface area (Å²) in [6.45, 7) is 31.4. The van der Waals surface area contributed by atoms with Gasteiger partial charge in [-0.05, 0) is 76.7 Å². The monoisotopic (exact) mass is 936 g/mol. The molecular weight excluding hydrogens is 880 g/mol. The molecule has 2 heterocycles. The summed E-state index contributed by atoms with van der Waals surface area (Å²) >= 11 is 0. The van der Waals surface area contributed by atoms with Crippen LogP contribution < -0.4 is 14.5 Å². The second kappa shape index (κ2) is 15.3. The summed E-state index contributed by atoms with van der Waals surface area (Å²) in [4.78, 5) is 4.51. The zero-order valence-corrected chi connectivity index (χ0v) is 38.2. The van der Waals surface area contributed by atoms with E-state index in [1.54, 1.807) is 0 Å². The van der Waals surface area contributed by atoms with E-state index in [1.165, 1.54) is 22.3 Å². The van der Waals surface area contributed by atoms with E-state index >= 15 is 0 Å². The normalized spacial score (nSPS) is 13.4. The van der Waals surface area contributed by atoms with Crippen LogP contribution >= 0.6 is 0 Å². The first-order valence-electron chi connectivity index (χ1n) is 19.8. The molecule has 6 aromatic rings. The molecule has 0 fully saturated rings. The maximum Gasteiger partial charge on any atom is 0.0640 e. The Morgan fingerprint density at radius 3 is 1.68 bits per heavy atom. The Morgan fingerprint density at radius 2 is 1.09 bits per heavy atom. The third-order valence-electron chi connectivity index (χ3n) is 11.1. The molecule has 0 radical (unpaired) electrons. The molecule has 6 heteroatoms. The quantitative estimate of drug-likeness (QED) is 0.149. The van der Waals surface area contributed by atoms with Crippen molar-refractivity contribution in [3.05, 3.63) is 161 Å². The summed E-state index contributed by atoms with van der Waals surface area (Å²) in [6, 6.07) is 43.8. The molecule has 1 aliphatic heterocycles. The van der Waals surface area contributed by atoms with Crippen LogP contribution in [0.15, 0.2) is 103 Å². The van der Waals surface area contributed by atoms with Crippen LogP contribution in [0.5, 0.6) is 11.5 Å². The first-order valence-corrected chi connectivity index (χ1v) is 19.8. The third kappa shape index (κ3) is 8.37. The molecule has 7 rings (SSSR count). The molecule has 1 aromatic heterocycles. The molecule has 0 amide bonds. The van der Waals surface area contributed by atoms with Crippen molar-refractivity contribution >= 4 is 22.7 Å². The summed E-state index contributed by atoms with van der Waals surface area (Å²) in [5.74, 6) is 1.24. The predicted octanol–water partition coefficient (Wildman–Crippen LogP) is 13.5. The first-order chi connectivity index (χ1) is 26.2. The molecule has 0 N–H and O–H groups in total. The Hall–Kier alpha value is -4.60. The maximum absolute atomic E-state index is 6.69. The fraction of sp³-hybridized carbons (Fsp3) is 0.333. The summed E-state index contributed by atoms with van der Waals surface area (Å²) in [7, 11) is 0. The topological polar surface area (TPSA) is 33.5 Å². The third-order valence-corrected chi connectivity index (χ3v) is 11.1. The van der Waals surface area contributed by atoms with Gasteiger partial charge < -0.3 is 14.5 Å². The van der Waals surface area contributed by atoms with Gasteiger partial charge in [-0.15, -0.1) is 54.3 Å². The van der Waals surface area contributed by atoms with Crippen molar-refractivity contribution in [1.29, 1.82) is 0 Å². The van der Waals surface area contributed by atoms with Crippen LogP contribution in [0.1, 0.15) is 115 Å². The molecule has 0 saturated heterocycles. The van der Waals surface area contributed by atoms with Crippen LogP contribution in [0.2, 0.25) is 0 Å². The first kappa shape index (κ1) is 42.0. The number of aromatic nitrogens is 2. The number of fused-ring (bicyclic) bond motifs is 1. The van der Waals surface area contributed by atoms with Gasteiger partial charge >= 0.3 is 0 Å². The van der Waals surface area contributed by atoms with Crippen LogP contribution in [-0.2, 0) is 42.7 Å². The smallest absolute Gasteiger partial charge is 0.0640 e. The van der Waals surface area contributed by atoms with E-state index in [0.29, 0.717) is 11.5 Å². The molecule has 0 bridgehead atoms. The Kier molecular flexibility index (Phi) is 11.3. The number of benzene rings is 5. The van der Waals surface area contributed by atoms with Gasteiger partial charge in [0, 0.05) is 66.3 Å². The molecule has 1 aliphatic rings. The molecule has 0 atom stereocenters. The van der Waals surface area contributed by atoms with Gasteiger partial charge in [0.2, 0.25) is 0 Å². The fourth-order valence-corrected chi connectivity index (χ4v) is 7.79. The summed E-state index contributed by atoms with van der Waals surface area (Å²) in [6.07, 6.45) is 0. The zero-order valence-electron chi connectivity index (χ0n) is 35.9. The zero-order chi connectivity index (χ0) is 40.4. The van der Waals surface area contributed by atoms with Crippen molar-refractivity contribution in [2.75, 3.05) is 9.80 Å². The van der Waals surface area contributed by atoms with Gasteiger partial charge in [-0.25, -0.2) is 0 Å². The van der Waals surface area contributed by atoms with E-state index in [1.807, 2.05) is 16.8 Å². The van der Waals surface area contributed by atoms with Crippen LogP contribution in [0.3, 0.4) is 0 Å². The number of anilines is 4. The van der Waals surface area contributed by atoms with Crippen molar-refractivity contribution in [2.24, 2.45) is 0 Å². The minimum Gasteiger partial charge on any atom is -0.509 e. The van der Waals surface area contributed by atoms with Gasteiger partial charge in [-0.3, -0.25) is 4.68 Å². The van der Waals surface area contributed by atoms with Gasteiger partial charge in [0.1, 0.15) is 0 Å². The van der Waals surface area contributed by atoms with Gasteiger partial charge in [0.25, 0.3) is 0 Å². The van der Waals surface area contributed by atoms with E-state index in [2.05, 4.69) is 210 Å². The molecule has 5 aromatic carbocycles. The van der Waals surface area contributed by atoms with Gasteiger partial charge in [-0.2, -0.15) is 11.2 Å². The van der Waals surface area contributed by atoms with Crippen molar-refractivity contribution in [3.63, 3.8) is 0 Å². The number of ether oxygens (including phenoxy) is 1. The molecular formula is C51H57N4OPt-3. The van der Waals surface area contributed by atoms with Gasteiger partial charge in [0.15, 0.2) is 0 Å². The van der Waals surface area contributed by atoms with Crippen molar-refractivity contribution in [1.82, 2.24) is 9.78 Å². The average molecular weight is 937 g/mol. The minimum absolute atomic E-state index is 0.